The fraction of sp³-hybridized carbons (Fsp3) is 0.476. The van der Waals surface area contributed by atoms with Crippen LogP contribution in [0.2, 0.25) is 0 Å². The third-order valence-electron chi connectivity index (χ3n) is 4.81. The topological polar surface area (TPSA) is 110 Å². The van der Waals surface area contributed by atoms with Gasteiger partial charge in [0.2, 0.25) is 11.7 Å². The second kappa shape index (κ2) is 10.4. The lowest BCUT2D eigenvalue weighted by atomic mass is 10.1. The molecule has 3 rings (SSSR count). The molecule has 0 saturated carbocycles. The summed E-state index contributed by atoms with van der Waals surface area (Å²) < 4.78 is 3.43. The number of carbonyl (C=O) groups excluding carboxylic acids is 2. The van der Waals surface area contributed by atoms with E-state index >= 15 is 0 Å². The smallest absolute Gasteiger partial charge is 0.321 e. The zero-order chi connectivity index (χ0) is 22.4. The first-order chi connectivity index (χ1) is 14.9. The Labute approximate surface area is 184 Å². The number of carbonyl (C=O) groups is 2. The molecule has 0 aliphatic rings. The SMILES string of the molecule is CCCCn1c(=O)c2ccccc2n2c(SCC(=O)NC(=O)NCCC(C)C)nnc12. The summed E-state index contributed by atoms with van der Waals surface area (Å²) in [7, 11) is 0. The third kappa shape index (κ3) is 5.43. The molecule has 0 aliphatic carbocycles. The molecule has 9 nitrogen and oxygen atoms in total. The second-order valence-electron chi connectivity index (χ2n) is 7.72. The minimum atomic E-state index is -0.504. The van der Waals surface area contributed by atoms with E-state index in [0.717, 1.165) is 19.3 Å². The number of amides is 3. The highest BCUT2D eigenvalue weighted by atomic mass is 32.2. The number of urea groups is 1. The largest absolute Gasteiger partial charge is 0.338 e. The fourth-order valence-corrected chi connectivity index (χ4v) is 3.90. The molecule has 2 heterocycles. The van der Waals surface area contributed by atoms with Crippen LogP contribution in [0.1, 0.15) is 40.0 Å². The van der Waals surface area contributed by atoms with Crippen molar-refractivity contribution in [3.63, 3.8) is 0 Å². The summed E-state index contributed by atoms with van der Waals surface area (Å²) in [6.45, 7) is 7.25. The van der Waals surface area contributed by atoms with E-state index in [0.29, 0.717) is 40.8 Å². The summed E-state index contributed by atoms with van der Waals surface area (Å²) in [6, 6.07) is 6.78. The van der Waals surface area contributed by atoms with Gasteiger partial charge in [-0.2, -0.15) is 0 Å². The lowest BCUT2D eigenvalue weighted by molar-refractivity contribution is -0.117. The van der Waals surface area contributed by atoms with Crippen LogP contribution in [0.4, 0.5) is 4.79 Å². The highest BCUT2D eigenvalue weighted by molar-refractivity contribution is 7.99. The quantitative estimate of drug-likeness (QED) is 0.491. The predicted octanol–water partition coefficient (Wildman–Crippen LogP) is 2.81. The van der Waals surface area contributed by atoms with Gasteiger partial charge in [-0.05, 0) is 30.9 Å². The Morgan fingerprint density at radius 2 is 1.97 bits per heavy atom. The van der Waals surface area contributed by atoms with Crippen LogP contribution >= 0.6 is 11.8 Å². The van der Waals surface area contributed by atoms with Gasteiger partial charge < -0.3 is 5.32 Å². The zero-order valence-corrected chi connectivity index (χ0v) is 18.9. The van der Waals surface area contributed by atoms with E-state index in [1.165, 1.54) is 11.8 Å². The molecule has 2 N–H and O–H groups in total. The van der Waals surface area contributed by atoms with E-state index < -0.39 is 11.9 Å². The van der Waals surface area contributed by atoms with Crippen molar-refractivity contribution < 1.29 is 9.59 Å². The van der Waals surface area contributed by atoms with E-state index in [9.17, 15) is 14.4 Å². The fourth-order valence-electron chi connectivity index (χ4n) is 3.16. The third-order valence-corrected chi connectivity index (χ3v) is 5.73. The number of para-hydroxylation sites is 1. The number of aryl methyl sites for hydroxylation is 1. The number of aromatic nitrogens is 4. The first-order valence-corrected chi connectivity index (χ1v) is 11.5. The van der Waals surface area contributed by atoms with Gasteiger partial charge in [0.1, 0.15) is 0 Å². The summed E-state index contributed by atoms with van der Waals surface area (Å²) in [5.74, 6) is 0.497. The molecule has 0 bridgehead atoms. The normalized spacial score (nSPS) is 11.4. The van der Waals surface area contributed by atoms with E-state index in [-0.39, 0.29) is 11.3 Å². The molecular weight excluding hydrogens is 416 g/mol. The molecule has 0 aliphatic heterocycles. The van der Waals surface area contributed by atoms with Gasteiger partial charge in [0.05, 0.1) is 16.7 Å². The maximum absolute atomic E-state index is 12.9. The number of unbranched alkanes of at least 4 members (excludes halogenated alkanes) is 1. The Morgan fingerprint density at radius 3 is 2.71 bits per heavy atom. The number of benzene rings is 1. The van der Waals surface area contributed by atoms with Crippen molar-refractivity contribution in [1.29, 1.82) is 0 Å². The van der Waals surface area contributed by atoms with Crippen LogP contribution < -0.4 is 16.2 Å². The van der Waals surface area contributed by atoms with Gasteiger partial charge in [0.15, 0.2) is 5.16 Å². The molecule has 0 unspecified atom stereocenters. The average molecular weight is 445 g/mol. The lowest BCUT2D eigenvalue weighted by Crippen LogP contribution is -2.40. The Hall–Kier alpha value is -2.88. The van der Waals surface area contributed by atoms with Crippen molar-refractivity contribution >= 4 is 40.4 Å². The van der Waals surface area contributed by atoms with Crippen LogP contribution in [0.5, 0.6) is 0 Å². The number of nitrogens with one attached hydrogen (secondary N) is 2. The average Bonchev–Trinajstić information content (AvgIpc) is 3.16. The maximum atomic E-state index is 12.9. The summed E-state index contributed by atoms with van der Waals surface area (Å²) in [5.41, 5.74) is 0.589. The number of hydrogen-bond acceptors (Lipinski definition) is 6. The summed E-state index contributed by atoms with van der Waals surface area (Å²) >= 11 is 1.17. The van der Waals surface area contributed by atoms with Gasteiger partial charge in [0.25, 0.3) is 5.56 Å². The summed E-state index contributed by atoms with van der Waals surface area (Å²) in [6.07, 6.45) is 2.63. The number of nitrogens with zero attached hydrogens (tertiary/aromatic N) is 4. The van der Waals surface area contributed by atoms with Gasteiger partial charge in [-0.1, -0.05) is 51.1 Å². The van der Waals surface area contributed by atoms with Crippen LogP contribution in [0, 0.1) is 5.92 Å². The maximum Gasteiger partial charge on any atom is 0.321 e. The predicted molar refractivity (Wildman–Crippen MR) is 121 cm³/mol. The van der Waals surface area contributed by atoms with Gasteiger partial charge >= 0.3 is 6.03 Å². The number of fused-ring (bicyclic) bond motifs is 3. The molecule has 0 radical (unpaired) electrons. The van der Waals surface area contributed by atoms with Crippen LogP contribution in [-0.4, -0.2) is 43.4 Å². The Balaban J connectivity index is 1.79. The molecular formula is C21H28N6O3S. The summed E-state index contributed by atoms with van der Waals surface area (Å²) in [4.78, 5) is 37.0. The second-order valence-corrected chi connectivity index (χ2v) is 8.66. The lowest BCUT2D eigenvalue weighted by Gasteiger charge is -2.11. The Morgan fingerprint density at radius 1 is 1.19 bits per heavy atom. The highest BCUT2D eigenvalue weighted by Crippen LogP contribution is 2.21. The monoisotopic (exact) mass is 444 g/mol. The minimum absolute atomic E-state index is 0.000801. The number of rotatable bonds is 9. The van der Waals surface area contributed by atoms with Crippen LogP contribution in [0.3, 0.4) is 0 Å². The van der Waals surface area contributed by atoms with Gasteiger partial charge in [-0.25, -0.2) is 4.79 Å². The van der Waals surface area contributed by atoms with Crippen molar-refractivity contribution in [2.24, 2.45) is 5.92 Å². The first-order valence-electron chi connectivity index (χ1n) is 10.5. The van der Waals surface area contributed by atoms with Crippen molar-refractivity contribution in [3.8, 4) is 0 Å². The highest BCUT2D eigenvalue weighted by Gasteiger charge is 2.18. The van der Waals surface area contributed by atoms with Crippen LogP contribution in [0.15, 0.2) is 34.2 Å². The van der Waals surface area contributed by atoms with E-state index in [2.05, 4.69) is 41.6 Å². The molecule has 10 heteroatoms. The van der Waals surface area contributed by atoms with Crippen molar-refractivity contribution in [1.82, 2.24) is 29.8 Å². The van der Waals surface area contributed by atoms with Crippen molar-refractivity contribution in [2.75, 3.05) is 12.3 Å². The van der Waals surface area contributed by atoms with Crippen LogP contribution in [0.25, 0.3) is 16.7 Å². The molecule has 2 aromatic heterocycles. The molecule has 0 saturated heterocycles. The first kappa shape index (κ1) is 22.8. The van der Waals surface area contributed by atoms with E-state index in [4.69, 9.17) is 0 Å². The molecule has 0 fully saturated rings. The number of thioether (sulfide) groups is 1. The van der Waals surface area contributed by atoms with E-state index in [1.54, 1.807) is 15.0 Å². The molecule has 3 aromatic rings. The van der Waals surface area contributed by atoms with Crippen LogP contribution in [-0.2, 0) is 11.3 Å². The standard InChI is InChI=1S/C21H28N6O3S/c1-4-5-12-26-18(29)15-8-6-7-9-16(15)27-20(26)24-25-21(27)31-13-17(28)23-19(30)22-11-10-14(2)3/h6-9,14H,4-5,10-13H2,1-3H3,(H2,22,23,28,30). The molecule has 31 heavy (non-hydrogen) atoms. The Bertz CT molecular complexity index is 1140. The molecule has 166 valence electrons. The molecule has 3 amide bonds. The van der Waals surface area contributed by atoms with Gasteiger partial charge in [-0.3, -0.25) is 23.9 Å². The molecule has 0 atom stereocenters. The zero-order valence-electron chi connectivity index (χ0n) is 18.1. The van der Waals surface area contributed by atoms with Gasteiger partial charge in [0, 0.05) is 13.1 Å². The number of hydrogen-bond donors (Lipinski definition) is 2. The van der Waals surface area contributed by atoms with Crippen molar-refractivity contribution in [2.45, 2.75) is 51.7 Å². The molecule has 0 spiro atoms. The van der Waals surface area contributed by atoms with Crippen molar-refractivity contribution in [3.05, 3.63) is 34.6 Å². The van der Waals surface area contributed by atoms with Gasteiger partial charge in [-0.15, -0.1) is 10.2 Å². The molecule has 1 aromatic carbocycles. The summed E-state index contributed by atoms with van der Waals surface area (Å²) in [5, 5.41) is 14.5. The minimum Gasteiger partial charge on any atom is -0.338 e. The van der Waals surface area contributed by atoms with E-state index in [1.807, 2.05) is 18.2 Å². The number of imide groups is 1. The Kier molecular flexibility index (Phi) is 7.67.